The molecule has 6 nitrogen and oxygen atoms in total. The number of carbonyl (C=O) groups excluding carboxylic acids is 1. The van der Waals surface area contributed by atoms with Gasteiger partial charge in [0.05, 0.1) is 0 Å². The van der Waals surface area contributed by atoms with Crippen molar-refractivity contribution in [2.45, 2.75) is 25.0 Å². The van der Waals surface area contributed by atoms with Crippen LogP contribution in [0.25, 0.3) is 0 Å². The molecular formula is C11H8BrClF6N4O2. The number of hydrogen-bond acceptors (Lipinski definition) is 4. The summed E-state index contributed by atoms with van der Waals surface area (Å²) < 4.78 is 78.8. The number of carbonyl (C=O) groups is 1. The summed E-state index contributed by atoms with van der Waals surface area (Å²) in [7, 11) is 0. The first-order chi connectivity index (χ1) is 11.3. The van der Waals surface area contributed by atoms with Crippen LogP contribution in [0.1, 0.15) is 6.92 Å². The van der Waals surface area contributed by atoms with Crippen LogP contribution in [0.3, 0.4) is 0 Å². The lowest BCUT2D eigenvalue weighted by Gasteiger charge is -2.34. The molecule has 1 rings (SSSR count). The van der Waals surface area contributed by atoms with Crippen molar-refractivity contribution >= 4 is 44.6 Å². The van der Waals surface area contributed by atoms with Gasteiger partial charge in [0.15, 0.2) is 0 Å². The molecule has 0 aliphatic heterocycles. The number of anilines is 1. The smallest absolute Gasteiger partial charge is 0.346 e. The van der Waals surface area contributed by atoms with E-state index in [4.69, 9.17) is 11.6 Å². The zero-order chi connectivity index (χ0) is 19.5. The van der Waals surface area contributed by atoms with Gasteiger partial charge >= 0.3 is 24.1 Å². The fraction of sp³-hybridized carbons (Fsp3) is 0.364. The molecule has 25 heavy (non-hydrogen) atoms. The molecule has 0 radical (unpaired) electrons. The molecule has 0 saturated heterocycles. The van der Waals surface area contributed by atoms with Crippen LogP contribution in [-0.4, -0.2) is 34.3 Å². The average molecular weight is 458 g/mol. The first kappa shape index (κ1) is 21.3. The molecule has 1 aromatic rings. The number of amides is 2. The number of pyridine rings is 1. The van der Waals surface area contributed by atoms with E-state index in [0.29, 0.717) is 9.79 Å². The molecule has 0 spiro atoms. The fourth-order valence-corrected chi connectivity index (χ4v) is 1.59. The van der Waals surface area contributed by atoms with Crippen molar-refractivity contribution in [3.05, 3.63) is 22.8 Å². The van der Waals surface area contributed by atoms with Crippen LogP contribution in [-0.2, 0) is 4.84 Å². The minimum absolute atomic E-state index is 0.309. The summed E-state index contributed by atoms with van der Waals surface area (Å²) in [4.78, 5) is 18.7. The number of halogens is 8. The second-order valence-corrected chi connectivity index (χ2v) is 5.76. The topological polar surface area (TPSA) is 75.6 Å². The first-order valence-electron chi connectivity index (χ1n) is 6.01. The number of hydrogen-bond donors (Lipinski definition) is 2. The quantitative estimate of drug-likeness (QED) is 0.305. The molecule has 0 aromatic carbocycles. The summed E-state index contributed by atoms with van der Waals surface area (Å²) in [5.41, 5.74) is -5.12. The third kappa shape index (κ3) is 5.36. The lowest BCUT2D eigenvalue weighted by atomic mass is 10.2. The predicted molar refractivity (Wildman–Crippen MR) is 79.0 cm³/mol. The van der Waals surface area contributed by atoms with Gasteiger partial charge in [-0.15, -0.1) is 0 Å². The Hall–Kier alpha value is -1.76. The van der Waals surface area contributed by atoms with Crippen molar-refractivity contribution in [1.29, 1.82) is 0 Å². The van der Waals surface area contributed by atoms with E-state index in [0.717, 1.165) is 19.2 Å². The van der Waals surface area contributed by atoms with E-state index in [9.17, 15) is 31.1 Å². The first-order valence-corrected chi connectivity index (χ1v) is 7.18. The highest BCUT2D eigenvalue weighted by Crippen LogP contribution is 2.44. The number of urea groups is 1. The summed E-state index contributed by atoms with van der Waals surface area (Å²) in [5.74, 6) is -0.309. The molecule has 0 bridgehead atoms. The van der Waals surface area contributed by atoms with Crippen molar-refractivity contribution in [2.75, 3.05) is 5.32 Å². The van der Waals surface area contributed by atoms with Gasteiger partial charge in [-0.25, -0.2) is 9.78 Å². The van der Waals surface area contributed by atoms with E-state index in [1.165, 1.54) is 6.07 Å². The lowest BCUT2D eigenvalue weighted by Crippen LogP contribution is -2.69. The van der Waals surface area contributed by atoms with Crippen molar-refractivity contribution in [3.63, 3.8) is 0 Å². The monoisotopic (exact) mass is 456 g/mol. The molecule has 0 fully saturated rings. The number of nitrogens with one attached hydrogen (secondary N) is 2. The lowest BCUT2D eigenvalue weighted by molar-refractivity contribution is -0.388. The minimum atomic E-state index is -6.11. The van der Waals surface area contributed by atoms with Gasteiger partial charge in [0, 0.05) is 10.7 Å². The summed E-state index contributed by atoms with van der Waals surface area (Å²) >= 11 is 8.12. The second-order valence-electron chi connectivity index (χ2n) is 4.30. The molecule has 140 valence electrons. The van der Waals surface area contributed by atoms with Crippen molar-refractivity contribution in [2.24, 2.45) is 5.16 Å². The number of aromatic nitrogens is 1. The molecule has 2 N–H and O–H groups in total. The summed E-state index contributed by atoms with van der Waals surface area (Å²) in [5, 5.41) is 4.13. The Kier molecular flexibility index (Phi) is 6.50. The molecular weight excluding hydrogens is 449 g/mol. The third-order valence-corrected chi connectivity index (χ3v) is 2.90. The molecule has 14 heteroatoms. The van der Waals surface area contributed by atoms with Gasteiger partial charge < -0.3 is 4.84 Å². The van der Waals surface area contributed by atoms with Gasteiger partial charge in [0.2, 0.25) is 0 Å². The van der Waals surface area contributed by atoms with E-state index < -0.39 is 29.3 Å². The Morgan fingerprint density at radius 1 is 1.24 bits per heavy atom. The van der Waals surface area contributed by atoms with Gasteiger partial charge in [0.25, 0.3) is 0 Å². The highest BCUT2D eigenvalue weighted by molar-refractivity contribution is 9.10. The number of rotatable bonds is 4. The minimum Gasteiger partial charge on any atom is -0.346 e. The third-order valence-electron chi connectivity index (χ3n) is 2.37. The Balaban J connectivity index is 3.16. The zero-order valence-corrected chi connectivity index (χ0v) is 14.3. The van der Waals surface area contributed by atoms with E-state index in [-0.39, 0.29) is 5.82 Å². The van der Waals surface area contributed by atoms with E-state index >= 15 is 0 Å². The SMILES string of the molecule is CC(Cl)=NOC(NC(=O)Nc1ccc(Br)cn1)(C(F)(F)F)C(F)(F)F. The van der Waals surface area contributed by atoms with Crippen LogP contribution < -0.4 is 10.6 Å². The number of alkyl halides is 6. The largest absolute Gasteiger partial charge is 0.461 e. The van der Waals surface area contributed by atoms with E-state index in [2.05, 4.69) is 30.9 Å². The van der Waals surface area contributed by atoms with E-state index in [1.807, 2.05) is 0 Å². The maximum absolute atomic E-state index is 13.1. The normalized spacial score (nSPS) is 13.4. The molecule has 0 aliphatic rings. The fourth-order valence-electron chi connectivity index (χ4n) is 1.32. The molecule has 0 saturated carbocycles. The van der Waals surface area contributed by atoms with Crippen LogP contribution in [0, 0.1) is 0 Å². The van der Waals surface area contributed by atoms with Crippen LogP contribution in [0.4, 0.5) is 37.0 Å². The van der Waals surface area contributed by atoms with Gasteiger partial charge in [0.1, 0.15) is 11.0 Å². The Morgan fingerprint density at radius 2 is 1.80 bits per heavy atom. The zero-order valence-electron chi connectivity index (χ0n) is 12.0. The summed E-state index contributed by atoms with van der Waals surface area (Å²) in [6.07, 6.45) is -11.1. The number of nitrogens with zero attached hydrogens (tertiary/aromatic N) is 2. The molecule has 1 heterocycles. The van der Waals surface area contributed by atoms with Crippen LogP contribution >= 0.6 is 27.5 Å². The maximum atomic E-state index is 13.1. The number of oxime groups is 1. The van der Waals surface area contributed by atoms with Crippen LogP contribution in [0.5, 0.6) is 0 Å². The highest BCUT2D eigenvalue weighted by Gasteiger charge is 2.76. The van der Waals surface area contributed by atoms with Gasteiger partial charge in [-0.1, -0.05) is 16.8 Å². The van der Waals surface area contributed by atoms with E-state index in [1.54, 1.807) is 5.32 Å². The Labute approximate surface area is 149 Å². The summed E-state index contributed by atoms with van der Waals surface area (Å²) in [6, 6.07) is 0.599. The Bertz CT molecular complexity index is 631. The second kappa shape index (κ2) is 7.64. The van der Waals surface area contributed by atoms with Crippen molar-refractivity contribution in [1.82, 2.24) is 10.3 Å². The Morgan fingerprint density at radius 3 is 2.20 bits per heavy atom. The molecule has 0 unspecified atom stereocenters. The van der Waals surface area contributed by atoms with Gasteiger partial charge in [-0.2, -0.15) is 26.3 Å². The summed E-state index contributed by atoms with van der Waals surface area (Å²) in [6.45, 7) is 0.880. The maximum Gasteiger partial charge on any atom is 0.461 e. The van der Waals surface area contributed by atoms with Gasteiger partial charge in [-0.05, 0) is 35.0 Å². The molecule has 0 aliphatic carbocycles. The van der Waals surface area contributed by atoms with Crippen LogP contribution in [0.2, 0.25) is 0 Å². The highest BCUT2D eigenvalue weighted by atomic mass is 79.9. The van der Waals surface area contributed by atoms with Crippen molar-refractivity contribution < 1.29 is 36.0 Å². The van der Waals surface area contributed by atoms with Crippen molar-refractivity contribution in [3.8, 4) is 0 Å². The van der Waals surface area contributed by atoms with Gasteiger partial charge in [-0.3, -0.25) is 10.6 Å². The standard InChI is InChI=1S/C11H8BrClF6N4O2/c1-5(13)23-25-9(10(14,15)16,11(17,18)19)22-8(24)21-7-3-2-6(12)4-20-7/h2-4H,1H3,(H2,20,21,22,24). The average Bonchev–Trinajstić information content (AvgIpc) is 2.43. The predicted octanol–water partition coefficient (Wildman–Crippen LogP) is 4.38. The van der Waals surface area contributed by atoms with Crippen LogP contribution in [0.15, 0.2) is 28.0 Å². The molecule has 2 amide bonds. The molecule has 1 aromatic heterocycles. The molecule has 0 atom stereocenters.